The Morgan fingerprint density at radius 2 is 1.82 bits per heavy atom. The Morgan fingerprint density at radius 1 is 1.15 bits per heavy atom. The molecule has 0 aliphatic carbocycles. The Balaban J connectivity index is 1.25. The van der Waals surface area contributed by atoms with E-state index in [0.717, 1.165) is 0 Å². The molecule has 12 atom stereocenters. The minimum absolute atomic E-state index is 0.120. The standard InChI is InChI=1S/C31H45N6O17P/c1-13(22-14(2)34-27-23(37(22)12-38)28(46)36-31(32)35-27)33-16-5-3-15(4-6-16)9-17(39)24(43)18(40)10-51-30-26(45)25(44)20(53-30)11-52-55(49,50)54-19(29(47)48)7-8-21(41)42/h3-6,12-13,17-20,23-26,30-31,33,39-40,43-45H,7-11,32H2,1-2H3,(H,34,35)(H,36,46)(H,41,42)(H,47,48)(H,49,50)/t13-,17+,18-,19+,20-,23?,24+,25-,26-,30+,31?/m1/s1. The molecule has 55 heavy (non-hydrogen) atoms. The fraction of sp³-hybridized carbons (Fsp3) is 0.581. The zero-order valence-electron chi connectivity index (χ0n) is 29.4. The van der Waals surface area contributed by atoms with Crippen LogP contribution in [0.5, 0.6) is 0 Å². The topological polar surface area (TPSA) is 362 Å². The third-order valence-corrected chi connectivity index (χ3v) is 9.73. The monoisotopic (exact) mass is 804 g/mol. The number of amides is 2. The third-order valence-electron chi connectivity index (χ3n) is 8.73. The number of anilines is 1. The molecule has 0 radical (unpaired) electrons. The van der Waals surface area contributed by atoms with Gasteiger partial charge >= 0.3 is 19.8 Å². The van der Waals surface area contributed by atoms with Gasteiger partial charge < -0.3 is 66.1 Å². The van der Waals surface area contributed by atoms with Crippen molar-refractivity contribution in [3.05, 3.63) is 41.2 Å². The van der Waals surface area contributed by atoms with Gasteiger partial charge in [0, 0.05) is 24.2 Å². The summed E-state index contributed by atoms with van der Waals surface area (Å²) in [6, 6.07) is 5.14. The Labute approximate surface area is 312 Å². The zero-order chi connectivity index (χ0) is 40.8. The van der Waals surface area contributed by atoms with Gasteiger partial charge in [-0.1, -0.05) is 12.1 Å². The Kier molecular flexibility index (Phi) is 14.8. The summed E-state index contributed by atoms with van der Waals surface area (Å²) in [6.45, 7) is 1.88. The number of allylic oxidation sites excluding steroid dienone is 1. The Morgan fingerprint density at radius 3 is 2.44 bits per heavy atom. The predicted molar refractivity (Wildman–Crippen MR) is 184 cm³/mol. The molecule has 23 nitrogen and oxygen atoms in total. The molecule has 3 aliphatic heterocycles. The van der Waals surface area contributed by atoms with Gasteiger partial charge in [-0.25, -0.2) is 14.4 Å². The maximum Gasteiger partial charge on any atom is 0.473 e. The van der Waals surface area contributed by atoms with E-state index in [4.69, 9.17) is 25.4 Å². The highest BCUT2D eigenvalue weighted by atomic mass is 31.2. The number of carbonyl (C=O) groups excluding carboxylic acids is 2. The number of hydrogen-bond donors (Lipinski definition) is 12. The number of phosphoric ester groups is 1. The number of aliphatic imine (C=N–C) groups is 1. The summed E-state index contributed by atoms with van der Waals surface area (Å²) in [7, 11) is -5.12. The van der Waals surface area contributed by atoms with E-state index in [9.17, 15) is 54.2 Å². The number of fused-ring (bicyclic) bond motifs is 1. The normalized spacial score (nSPS) is 27.7. The maximum atomic E-state index is 12.6. The van der Waals surface area contributed by atoms with Crippen molar-refractivity contribution in [1.29, 1.82) is 0 Å². The molecule has 1 fully saturated rings. The van der Waals surface area contributed by atoms with E-state index in [1.54, 1.807) is 38.1 Å². The lowest BCUT2D eigenvalue weighted by Crippen LogP contribution is -2.64. The van der Waals surface area contributed by atoms with Crippen molar-refractivity contribution in [2.24, 2.45) is 10.7 Å². The fourth-order valence-electron chi connectivity index (χ4n) is 6.01. The Hall–Kier alpha value is -4.10. The lowest BCUT2D eigenvalue weighted by atomic mass is 10.00. The van der Waals surface area contributed by atoms with Crippen molar-refractivity contribution in [2.45, 2.75) is 101 Å². The van der Waals surface area contributed by atoms with Crippen LogP contribution in [-0.2, 0) is 48.7 Å². The van der Waals surface area contributed by atoms with E-state index < -0.39 is 119 Å². The predicted octanol–water partition coefficient (Wildman–Crippen LogP) is -3.54. The minimum atomic E-state index is -5.12. The largest absolute Gasteiger partial charge is 0.481 e. The van der Waals surface area contributed by atoms with Crippen molar-refractivity contribution in [3.8, 4) is 0 Å². The van der Waals surface area contributed by atoms with Gasteiger partial charge in [-0.3, -0.25) is 34.1 Å². The van der Waals surface area contributed by atoms with Gasteiger partial charge in [-0.15, -0.1) is 0 Å². The highest BCUT2D eigenvalue weighted by Crippen LogP contribution is 2.46. The summed E-state index contributed by atoms with van der Waals surface area (Å²) in [4.78, 5) is 62.0. The third kappa shape index (κ3) is 11.2. The highest BCUT2D eigenvalue weighted by molar-refractivity contribution is 7.47. The molecule has 1 aromatic rings. The number of nitrogens with one attached hydrogen (secondary N) is 3. The van der Waals surface area contributed by atoms with Crippen LogP contribution in [0.25, 0.3) is 0 Å². The average Bonchev–Trinajstić information content (AvgIpc) is 3.38. The molecular weight excluding hydrogens is 759 g/mol. The van der Waals surface area contributed by atoms with Crippen LogP contribution in [0, 0.1) is 0 Å². The first-order valence-corrected chi connectivity index (χ1v) is 18.3. The number of nitrogens with two attached hydrogens (primary N) is 1. The second-order valence-corrected chi connectivity index (χ2v) is 14.3. The quantitative estimate of drug-likeness (QED) is 0.0448. The van der Waals surface area contributed by atoms with Gasteiger partial charge in [0.25, 0.3) is 5.91 Å². The van der Waals surface area contributed by atoms with Gasteiger partial charge in [0.1, 0.15) is 36.4 Å². The van der Waals surface area contributed by atoms with Crippen molar-refractivity contribution >= 4 is 43.6 Å². The summed E-state index contributed by atoms with van der Waals surface area (Å²) in [5.74, 6) is -3.35. The smallest absolute Gasteiger partial charge is 0.473 e. The summed E-state index contributed by atoms with van der Waals surface area (Å²) in [6.07, 6.45) is -15.5. The molecule has 0 saturated carbocycles. The van der Waals surface area contributed by atoms with Gasteiger partial charge in [0.15, 0.2) is 24.7 Å². The molecule has 13 N–H and O–H groups in total. The molecule has 3 heterocycles. The van der Waals surface area contributed by atoms with E-state index in [1.165, 1.54) is 4.90 Å². The van der Waals surface area contributed by atoms with Gasteiger partial charge in [0.2, 0.25) is 6.41 Å². The molecule has 3 aliphatic rings. The van der Waals surface area contributed by atoms with Crippen molar-refractivity contribution in [3.63, 3.8) is 0 Å². The number of aliphatic hydroxyl groups excluding tert-OH is 5. The summed E-state index contributed by atoms with van der Waals surface area (Å²) >= 11 is 0. The maximum absolute atomic E-state index is 12.6. The summed E-state index contributed by atoms with van der Waals surface area (Å²) < 4.78 is 32.0. The minimum Gasteiger partial charge on any atom is -0.481 e. The van der Waals surface area contributed by atoms with E-state index in [0.29, 0.717) is 29.1 Å². The number of nitrogens with zero attached hydrogens (tertiary/aromatic N) is 2. The number of benzene rings is 1. The molecule has 1 saturated heterocycles. The summed E-state index contributed by atoms with van der Waals surface area (Å²) in [5.41, 5.74) is 7.95. The number of rotatable bonds is 20. The van der Waals surface area contributed by atoms with E-state index >= 15 is 0 Å². The first-order valence-electron chi connectivity index (χ1n) is 16.8. The number of aliphatic hydroxyl groups is 5. The average molecular weight is 805 g/mol. The van der Waals surface area contributed by atoms with E-state index in [-0.39, 0.29) is 12.3 Å². The van der Waals surface area contributed by atoms with Crippen LogP contribution in [-0.4, -0.2) is 156 Å². The molecule has 0 spiro atoms. The Bertz CT molecular complexity index is 1670. The number of amidine groups is 1. The molecule has 306 valence electrons. The molecule has 0 bridgehead atoms. The SMILES string of the molecule is CC1=C([C@@H](C)Nc2ccc(C[C@H](O)[C@H](O)[C@H](O)CO[C@H]3O[C@H](COP(=O)(O)O[C@@H](CCC(=O)O)C(=O)O)[C@@H](O)[C@H]3O)cc2)N(C=O)C2C(=O)NC(N)N=C2N1. The molecule has 3 unspecified atom stereocenters. The fourth-order valence-corrected chi connectivity index (χ4v) is 6.92. The zero-order valence-corrected chi connectivity index (χ0v) is 30.3. The lowest BCUT2D eigenvalue weighted by Gasteiger charge is -2.41. The van der Waals surface area contributed by atoms with E-state index in [1.807, 2.05) is 0 Å². The van der Waals surface area contributed by atoms with Crippen LogP contribution in [0.1, 0.15) is 32.3 Å². The number of ether oxygens (including phenoxy) is 2. The van der Waals surface area contributed by atoms with Crippen molar-refractivity contribution < 1.29 is 82.9 Å². The number of phosphoric acid groups is 1. The second-order valence-electron chi connectivity index (χ2n) is 12.9. The number of hydrogen-bond acceptors (Lipinski definition) is 18. The lowest BCUT2D eigenvalue weighted by molar-refractivity contribution is -0.192. The highest BCUT2D eigenvalue weighted by Gasteiger charge is 2.46. The number of carbonyl (C=O) groups is 4. The molecule has 24 heteroatoms. The van der Waals surface area contributed by atoms with Crippen LogP contribution in [0.2, 0.25) is 0 Å². The first-order chi connectivity index (χ1) is 25.8. The van der Waals surface area contributed by atoms with Crippen LogP contribution in [0.3, 0.4) is 0 Å². The van der Waals surface area contributed by atoms with Crippen LogP contribution < -0.4 is 21.7 Å². The second kappa shape index (κ2) is 18.7. The van der Waals surface area contributed by atoms with Crippen LogP contribution in [0.4, 0.5) is 5.69 Å². The van der Waals surface area contributed by atoms with Gasteiger partial charge in [-0.05, 0) is 38.0 Å². The van der Waals surface area contributed by atoms with Gasteiger partial charge in [0.05, 0.1) is 31.1 Å². The molecule has 4 rings (SSSR count). The number of carboxylic acid groups (broad SMARTS) is 2. The van der Waals surface area contributed by atoms with E-state index in [2.05, 4.69) is 30.0 Å². The number of aliphatic carboxylic acids is 2. The van der Waals surface area contributed by atoms with Gasteiger partial charge in [-0.2, -0.15) is 0 Å². The van der Waals surface area contributed by atoms with Crippen LogP contribution in [0.15, 0.2) is 40.7 Å². The van der Waals surface area contributed by atoms with Crippen molar-refractivity contribution in [2.75, 3.05) is 18.5 Å². The first kappa shape index (κ1) is 43.6. The van der Waals surface area contributed by atoms with Crippen LogP contribution >= 0.6 is 7.82 Å². The number of carboxylic acids is 2. The summed E-state index contributed by atoms with van der Waals surface area (Å²) in [5, 5.41) is 78.9. The molecular formula is C31H45N6O17P. The molecule has 1 aromatic carbocycles. The molecule has 2 amide bonds. The van der Waals surface area contributed by atoms with Crippen molar-refractivity contribution in [1.82, 2.24) is 15.5 Å². The molecule has 0 aromatic heterocycles.